The zero-order chi connectivity index (χ0) is 19.0. The summed E-state index contributed by atoms with van der Waals surface area (Å²) in [6, 6.07) is 3.89. The molecule has 0 aromatic carbocycles. The summed E-state index contributed by atoms with van der Waals surface area (Å²) in [6.07, 6.45) is 4.31. The fraction of sp³-hybridized carbons (Fsp3) is 0.700. The van der Waals surface area contributed by atoms with Gasteiger partial charge in [-0.05, 0) is 31.2 Å². The second-order valence-electron chi connectivity index (χ2n) is 7.81. The summed E-state index contributed by atoms with van der Waals surface area (Å²) in [4.78, 5) is 8.93. The van der Waals surface area contributed by atoms with Crippen molar-refractivity contribution in [2.24, 2.45) is 16.3 Å². The Kier molecular flexibility index (Phi) is 10.4. The third kappa shape index (κ3) is 7.44. The molecule has 0 aliphatic carbocycles. The molecule has 2 heterocycles. The molecule has 6 nitrogen and oxygen atoms in total. The number of rotatable bonds is 6. The van der Waals surface area contributed by atoms with E-state index < -0.39 is 0 Å². The maximum absolute atomic E-state index is 6.08. The largest absolute Gasteiger partial charge is 0.481 e. The Morgan fingerprint density at radius 2 is 2.15 bits per heavy atom. The summed E-state index contributed by atoms with van der Waals surface area (Å²) < 4.78 is 11.4. The lowest BCUT2D eigenvalue weighted by Crippen LogP contribution is -2.47. The van der Waals surface area contributed by atoms with Gasteiger partial charge in [0.25, 0.3) is 0 Å². The average molecular weight is 490 g/mol. The summed E-state index contributed by atoms with van der Waals surface area (Å²) >= 11 is 0. The number of halogens is 1. The molecule has 154 valence electrons. The first-order valence-corrected chi connectivity index (χ1v) is 9.57. The summed E-state index contributed by atoms with van der Waals surface area (Å²) in [7, 11) is 1.63. The van der Waals surface area contributed by atoms with Crippen molar-refractivity contribution in [3.63, 3.8) is 0 Å². The van der Waals surface area contributed by atoms with Crippen LogP contribution in [0.2, 0.25) is 0 Å². The Balaban J connectivity index is 0.00000364. The van der Waals surface area contributed by atoms with E-state index in [1.165, 1.54) is 6.42 Å². The maximum atomic E-state index is 6.08. The number of guanidine groups is 1. The van der Waals surface area contributed by atoms with E-state index in [9.17, 15) is 0 Å². The van der Waals surface area contributed by atoms with E-state index in [0.717, 1.165) is 37.6 Å². The summed E-state index contributed by atoms with van der Waals surface area (Å²) in [5.74, 6) is 1.93. The molecular weight excluding hydrogens is 455 g/mol. The van der Waals surface area contributed by atoms with Gasteiger partial charge in [0.05, 0.1) is 19.8 Å². The number of aromatic nitrogens is 1. The lowest BCUT2D eigenvalue weighted by atomic mass is 9.78. The second kappa shape index (κ2) is 11.7. The molecule has 2 N–H and O–H groups in total. The first-order valence-electron chi connectivity index (χ1n) is 9.57. The minimum Gasteiger partial charge on any atom is -0.481 e. The molecule has 0 bridgehead atoms. The molecule has 1 aromatic heterocycles. The Morgan fingerprint density at radius 3 is 2.81 bits per heavy atom. The van der Waals surface area contributed by atoms with Gasteiger partial charge < -0.3 is 20.1 Å². The van der Waals surface area contributed by atoms with E-state index in [-0.39, 0.29) is 35.5 Å². The van der Waals surface area contributed by atoms with Crippen LogP contribution >= 0.6 is 24.0 Å². The molecule has 0 amide bonds. The number of methoxy groups -OCH3 is 1. The summed E-state index contributed by atoms with van der Waals surface area (Å²) in [5, 5.41) is 6.82. The summed E-state index contributed by atoms with van der Waals surface area (Å²) in [5.41, 5.74) is 1.12. The van der Waals surface area contributed by atoms with Crippen LogP contribution in [-0.2, 0) is 11.3 Å². The molecule has 27 heavy (non-hydrogen) atoms. The van der Waals surface area contributed by atoms with Crippen molar-refractivity contribution in [1.82, 2.24) is 15.6 Å². The quantitative estimate of drug-likeness (QED) is 0.363. The van der Waals surface area contributed by atoms with Gasteiger partial charge in [-0.1, -0.05) is 26.8 Å². The van der Waals surface area contributed by atoms with Gasteiger partial charge in [-0.15, -0.1) is 24.0 Å². The smallest absolute Gasteiger partial charge is 0.218 e. The van der Waals surface area contributed by atoms with E-state index in [1.807, 2.05) is 12.1 Å². The SMILES string of the molecule is CCNC(=NCc1cccnc1OC)NCC1CCCOC1C(C)(C)C.I. The molecule has 1 aliphatic heterocycles. The summed E-state index contributed by atoms with van der Waals surface area (Å²) in [6.45, 7) is 11.9. The number of ether oxygens (including phenoxy) is 2. The molecule has 1 aromatic rings. The van der Waals surface area contributed by atoms with Gasteiger partial charge in [0, 0.05) is 37.4 Å². The van der Waals surface area contributed by atoms with Crippen LogP contribution in [-0.4, -0.2) is 43.9 Å². The van der Waals surface area contributed by atoms with Crippen LogP contribution < -0.4 is 15.4 Å². The number of nitrogens with zero attached hydrogens (tertiary/aromatic N) is 2. The molecule has 1 aliphatic rings. The van der Waals surface area contributed by atoms with E-state index in [0.29, 0.717) is 18.3 Å². The number of nitrogens with one attached hydrogen (secondary N) is 2. The topological polar surface area (TPSA) is 67.8 Å². The molecule has 0 spiro atoms. The van der Waals surface area contributed by atoms with Gasteiger partial charge in [-0.2, -0.15) is 0 Å². The van der Waals surface area contributed by atoms with Gasteiger partial charge in [0.2, 0.25) is 5.88 Å². The third-order valence-corrected chi connectivity index (χ3v) is 4.63. The Morgan fingerprint density at radius 1 is 1.37 bits per heavy atom. The highest BCUT2D eigenvalue weighted by atomic mass is 127. The van der Waals surface area contributed by atoms with Crippen molar-refractivity contribution in [2.75, 3.05) is 26.8 Å². The standard InChI is InChI=1S/C20H34N4O2.HI/c1-6-21-19(24-14-16-9-7-11-22-18(16)25-5)23-13-15-10-8-12-26-17(15)20(2,3)4;/h7,9,11,15,17H,6,8,10,12-14H2,1-5H3,(H2,21,23,24);1H. The molecule has 0 saturated carbocycles. The monoisotopic (exact) mass is 490 g/mol. The molecule has 0 radical (unpaired) electrons. The van der Waals surface area contributed by atoms with E-state index >= 15 is 0 Å². The van der Waals surface area contributed by atoms with Crippen LogP contribution in [0.1, 0.15) is 46.1 Å². The van der Waals surface area contributed by atoms with Gasteiger partial charge in [0.1, 0.15) is 0 Å². The van der Waals surface area contributed by atoms with Gasteiger partial charge >= 0.3 is 0 Å². The van der Waals surface area contributed by atoms with Crippen molar-refractivity contribution >= 4 is 29.9 Å². The maximum Gasteiger partial charge on any atom is 0.218 e. The molecule has 1 fully saturated rings. The van der Waals surface area contributed by atoms with Crippen molar-refractivity contribution < 1.29 is 9.47 Å². The molecule has 2 unspecified atom stereocenters. The van der Waals surface area contributed by atoms with Crippen LogP contribution in [0.5, 0.6) is 5.88 Å². The fourth-order valence-electron chi connectivity index (χ4n) is 3.47. The van der Waals surface area contributed by atoms with Crippen molar-refractivity contribution in [1.29, 1.82) is 0 Å². The van der Waals surface area contributed by atoms with Gasteiger partial charge in [-0.25, -0.2) is 9.98 Å². The predicted octanol–water partition coefficient (Wildman–Crippen LogP) is 3.60. The Hall–Kier alpha value is -1.09. The number of hydrogen-bond donors (Lipinski definition) is 2. The Bertz CT molecular complexity index is 590. The van der Waals surface area contributed by atoms with Crippen molar-refractivity contribution in [2.45, 2.75) is 53.2 Å². The van der Waals surface area contributed by atoms with Crippen molar-refractivity contribution in [3.8, 4) is 5.88 Å². The zero-order valence-corrected chi connectivity index (χ0v) is 19.6. The fourth-order valence-corrected chi connectivity index (χ4v) is 3.47. The highest BCUT2D eigenvalue weighted by Crippen LogP contribution is 2.33. The molecule has 2 atom stereocenters. The lowest BCUT2D eigenvalue weighted by molar-refractivity contribution is -0.0835. The minimum atomic E-state index is 0. The van der Waals surface area contributed by atoms with Crippen LogP contribution in [0.25, 0.3) is 0 Å². The molecule has 2 rings (SSSR count). The number of aliphatic imine (C=N–C) groups is 1. The Labute approximate surface area is 180 Å². The highest BCUT2D eigenvalue weighted by molar-refractivity contribution is 14.0. The van der Waals surface area contributed by atoms with Crippen LogP contribution in [0.15, 0.2) is 23.3 Å². The molecular formula is C20H35IN4O2. The minimum absolute atomic E-state index is 0. The van der Waals surface area contributed by atoms with Gasteiger partial charge in [-0.3, -0.25) is 0 Å². The predicted molar refractivity (Wildman–Crippen MR) is 121 cm³/mol. The number of pyridine rings is 1. The molecule has 7 heteroatoms. The first-order chi connectivity index (χ1) is 12.5. The number of hydrogen-bond acceptors (Lipinski definition) is 4. The lowest BCUT2D eigenvalue weighted by Gasteiger charge is -2.40. The second-order valence-corrected chi connectivity index (χ2v) is 7.81. The van der Waals surface area contributed by atoms with E-state index in [1.54, 1.807) is 13.3 Å². The average Bonchev–Trinajstić information content (AvgIpc) is 2.63. The van der Waals surface area contributed by atoms with Crippen LogP contribution in [0, 0.1) is 11.3 Å². The van der Waals surface area contributed by atoms with Crippen LogP contribution in [0.3, 0.4) is 0 Å². The van der Waals surface area contributed by atoms with E-state index in [4.69, 9.17) is 14.5 Å². The molecule has 1 saturated heterocycles. The van der Waals surface area contributed by atoms with E-state index in [2.05, 4.69) is 43.3 Å². The normalized spacial score (nSPS) is 20.6. The van der Waals surface area contributed by atoms with Crippen molar-refractivity contribution in [3.05, 3.63) is 23.9 Å². The highest BCUT2D eigenvalue weighted by Gasteiger charge is 2.35. The first kappa shape index (κ1) is 23.9. The zero-order valence-electron chi connectivity index (χ0n) is 17.2. The third-order valence-electron chi connectivity index (χ3n) is 4.63. The van der Waals surface area contributed by atoms with Gasteiger partial charge in [0.15, 0.2) is 5.96 Å². The van der Waals surface area contributed by atoms with Crippen LogP contribution in [0.4, 0.5) is 0 Å².